The van der Waals surface area contributed by atoms with Crippen LogP contribution in [-0.4, -0.2) is 42.4 Å². The summed E-state index contributed by atoms with van der Waals surface area (Å²) in [7, 11) is 1.75. The van der Waals surface area contributed by atoms with Gasteiger partial charge in [0.15, 0.2) is 0 Å². The predicted octanol–water partition coefficient (Wildman–Crippen LogP) is -0.683. The first-order valence-corrected chi connectivity index (χ1v) is 5.26. The molecule has 0 aromatic rings. The van der Waals surface area contributed by atoms with E-state index >= 15 is 0 Å². The van der Waals surface area contributed by atoms with Gasteiger partial charge in [-0.15, -0.1) is 0 Å². The van der Waals surface area contributed by atoms with Crippen LogP contribution in [0, 0.1) is 5.92 Å². The SMILES string of the molecule is CNC1CCN(C(C(N)=O)C(C)C)C1=O. The number of nitrogens with one attached hydrogen (secondary N) is 1. The van der Waals surface area contributed by atoms with Crippen LogP contribution >= 0.6 is 0 Å². The Morgan fingerprint density at radius 3 is 2.53 bits per heavy atom. The number of likely N-dealkylation sites (tertiary alicyclic amines) is 1. The van der Waals surface area contributed by atoms with E-state index < -0.39 is 11.9 Å². The van der Waals surface area contributed by atoms with Crippen molar-refractivity contribution < 1.29 is 9.59 Å². The number of carbonyl (C=O) groups is 2. The predicted molar refractivity (Wildman–Crippen MR) is 57.0 cm³/mol. The van der Waals surface area contributed by atoms with E-state index in [9.17, 15) is 9.59 Å². The van der Waals surface area contributed by atoms with Gasteiger partial charge in [-0.25, -0.2) is 0 Å². The molecule has 15 heavy (non-hydrogen) atoms. The van der Waals surface area contributed by atoms with Crippen LogP contribution in [0.4, 0.5) is 0 Å². The third-order valence-electron chi connectivity index (χ3n) is 2.85. The molecular weight excluding hydrogens is 194 g/mol. The Morgan fingerprint density at radius 2 is 2.20 bits per heavy atom. The summed E-state index contributed by atoms with van der Waals surface area (Å²) in [5.41, 5.74) is 5.31. The smallest absolute Gasteiger partial charge is 0.240 e. The van der Waals surface area contributed by atoms with Crippen molar-refractivity contribution in [1.29, 1.82) is 0 Å². The van der Waals surface area contributed by atoms with Crippen LogP contribution in [0.3, 0.4) is 0 Å². The topological polar surface area (TPSA) is 75.4 Å². The monoisotopic (exact) mass is 213 g/mol. The van der Waals surface area contributed by atoms with E-state index in [0.717, 1.165) is 6.42 Å². The van der Waals surface area contributed by atoms with E-state index in [1.807, 2.05) is 13.8 Å². The number of primary amides is 1. The number of amides is 2. The summed E-state index contributed by atoms with van der Waals surface area (Å²) in [4.78, 5) is 24.7. The summed E-state index contributed by atoms with van der Waals surface area (Å²) in [6, 6.07) is -0.638. The van der Waals surface area contributed by atoms with Crippen LogP contribution in [0.1, 0.15) is 20.3 Å². The number of rotatable bonds is 4. The molecule has 5 nitrogen and oxygen atoms in total. The van der Waals surface area contributed by atoms with Gasteiger partial charge in [0.2, 0.25) is 11.8 Å². The van der Waals surface area contributed by atoms with Crippen molar-refractivity contribution >= 4 is 11.8 Å². The lowest BCUT2D eigenvalue weighted by molar-refractivity contribution is -0.138. The Labute approximate surface area is 90.0 Å². The molecule has 2 unspecified atom stereocenters. The Hall–Kier alpha value is -1.10. The van der Waals surface area contributed by atoms with Crippen molar-refractivity contribution in [3.05, 3.63) is 0 Å². The molecule has 5 heteroatoms. The lowest BCUT2D eigenvalue weighted by atomic mass is 10.0. The van der Waals surface area contributed by atoms with E-state index in [1.165, 1.54) is 0 Å². The van der Waals surface area contributed by atoms with E-state index in [-0.39, 0.29) is 17.9 Å². The van der Waals surface area contributed by atoms with Crippen LogP contribution in [-0.2, 0) is 9.59 Å². The van der Waals surface area contributed by atoms with Crippen LogP contribution in [0.25, 0.3) is 0 Å². The van der Waals surface area contributed by atoms with E-state index in [4.69, 9.17) is 5.73 Å². The molecule has 0 saturated carbocycles. The summed E-state index contributed by atoms with van der Waals surface area (Å²) < 4.78 is 0. The average Bonchev–Trinajstić information content (AvgIpc) is 2.47. The molecule has 1 aliphatic heterocycles. The fourth-order valence-electron chi connectivity index (χ4n) is 2.09. The molecule has 0 spiro atoms. The molecule has 0 aromatic carbocycles. The number of hydrogen-bond acceptors (Lipinski definition) is 3. The van der Waals surface area contributed by atoms with Gasteiger partial charge >= 0.3 is 0 Å². The third kappa shape index (κ3) is 2.28. The highest BCUT2D eigenvalue weighted by Gasteiger charge is 2.38. The number of carbonyl (C=O) groups excluding carboxylic acids is 2. The summed E-state index contributed by atoms with van der Waals surface area (Å²) >= 11 is 0. The Kier molecular flexibility index (Phi) is 3.68. The molecule has 3 N–H and O–H groups in total. The van der Waals surface area contributed by atoms with E-state index in [0.29, 0.717) is 6.54 Å². The van der Waals surface area contributed by atoms with Crippen LogP contribution in [0.5, 0.6) is 0 Å². The molecule has 2 atom stereocenters. The van der Waals surface area contributed by atoms with Gasteiger partial charge in [-0.1, -0.05) is 13.8 Å². The molecule has 1 rings (SSSR count). The fourth-order valence-corrected chi connectivity index (χ4v) is 2.09. The average molecular weight is 213 g/mol. The maximum Gasteiger partial charge on any atom is 0.240 e. The Balaban J connectivity index is 2.79. The van der Waals surface area contributed by atoms with Crippen molar-refractivity contribution in [2.75, 3.05) is 13.6 Å². The van der Waals surface area contributed by atoms with Crippen LogP contribution in [0.2, 0.25) is 0 Å². The lowest BCUT2D eigenvalue weighted by Gasteiger charge is -2.28. The van der Waals surface area contributed by atoms with Crippen molar-refractivity contribution in [3.8, 4) is 0 Å². The standard InChI is InChI=1S/C10H19N3O2/c1-6(2)8(9(11)14)13-5-4-7(12-3)10(13)15/h6-8,12H,4-5H2,1-3H3,(H2,11,14). The van der Waals surface area contributed by atoms with E-state index in [1.54, 1.807) is 11.9 Å². The number of likely N-dealkylation sites (N-methyl/N-ethyl adjacent to an activating group) is 1. The van der Waals surface area contributed by atoms with Gasteiger partial charge < -0.3 is 16.0 Å². The maximum atomic E-state index is 11.8. The zero-order chi connectivity index (χ0) is 11.6. The lowest BCUT2D eigenvalue weighted by Crippen LogP contribution is -2.50. The zero-order valence-electron chi connectivity index (χ0n) is 9.49. The molecule has 2 amide bonds. The second-order valence-electron chi connectivity index (χ2n) is 4.25. The summed E-state index contributed by atoms with van der Waals surface area (Å²) in [5.74, 6) is -0.382. The van der Waals surface area contributed by atoms with Gasteiger partial charge in [-0.3, -0.25) is 9.59 Å². The van der Waals surface area contributed by atoms with Gasteiger partial charge in [-0.2, -0.15) is 0 Å². The Bertz CT molecular complexity index is 265. The minimum Gasteiger partial charge on any atom is -0.368 e. The molecule has 1 heterocycles. The number of nitrogens with two attached hydrogens (primary N) is 1. The molecule has 0 aromatic heterocycles. The highest BCUT2D eigenvalue weighted by molar-refractivity contribution is 5.90. The highest BCUT2D eigenvalue weighted by atomic mass is 16.2. The van der Waals surface area contributed by atoms with Gasteiger partial charge in [0.1, 0.15) is 6.04 Å². The quantitative estimate of drug-likeness (QED) is 0.649. The van der Waals surface area contributed by atoms with Gasteiger partial charge in [0, 0.05) is 6.54 Å². The Morgan fingerprint density at radius 1 is 1.60 bits per heavy atom. The van der Waals surface area contributed by atoms with E-state index in [2.05, 4.69) is 5.32 Å². The molecule has 86 valence electrons. The largest absolute Gasteiger partial charge is 0.368 e. The summed E-state index contributed by atoms with van der Waals surface area (Å²) in [6.07, 6.45) is 0.742. The molecule has 0 radical (unpaired) electrons. The van der Waals surface area contributed by atoms with Gasteiger partial charge in [-0.05, 0) is 19.4 Å². The van der Waals surface area contributed by atoms with Crippen LogP contribution < -0.4 is 11.1 Å². The first-order chi connectivity index (χ1) is 6.99. The minimum absolute atomic E-state index is 0.0185. The normalized spacial score (nSPS) is 23.6. The van der Waals surface area contributed by atoms with Gasteiger partial charge in [0.05, 0.1) is 6.04 Å². The number of nitrogens with zero attached hydrogens (tertiary/aromatic N) is 1. The van der Waals surface area contributed by atoms with Crippen molar-refractivity contribution in [1.82, 2.24) is 10.2 Å². The highest BCUT2D eigenvalue weighted by Crippen LogP contribution is 2.19. The summed E-state index contributed by atoms with van der Waals surface area (Å²) in [6.45, 7) is 4.40. The molecule has 0 aliphatic carbocycles. The van der Waals surface area contributed by atoms with Crippen molar-refractivity contribution in [2.24, 2.45) is 11.7 Å². The second kappa shape index (κ2) is 4.61. The third-order valence-corrected chi connectivity index (χ3v) is 2.85. The number of hydrogen-bond donors (Lipinski definition) is 2. The maximum absolute atomic E-state index is 11.8. The first-order valence-electron chi connectivity index (χ1n) is 5.26. The molecular formula is C10H19N3O2. The molecule has 1 saturated heterocycles. The molecule has 0 bridgehead atoms. The van der Waals surface area contributed by atoms with Crippen molar-refractivity contribution in [3.63, 3.8) is 0 Å². The first kappa shape index (κ1) is 12.0. The van der Waals surface area contributed by atoms with Gasteiger partial charge in [0.25, 0.3) is 0 Å². The zero-order valence-corrected chi connectivity index (χ0v) is 9.49. The molecule has 1 aliphatic rings. The minimum atomic E-state index is -0.476. The second-order valence-corrected chi connectivity index (χ2v) is 4.25. The fraction of sp³-hybridized carbons (Fsp3) is 0.800. The molecule has 1 fully saturated rings. The van der Waals surface area contributed by atoms with Crippen LogP contribution in [0.15, 0.2) is 0 Å². The van der Waals surface area contributed by atoms with Crippen molar-refractivity contribution in [2.45, 2.75) is 32.4 Å². The summed E-state index contributed by atoms with van der Waals surface area (Å²) in [5, 5.41) is 2.93.